The summed E-state index contributed by atoms with van der Waals surface area (Å²) in [4.78, 5) is 0. The van der Waals surface area contributed by atoms with Gasteiger partial charge in [0.2, 0.25) is 0 Å². The Kier molecular flexibility index (Phi) is 2.56. The standard InChI is InChI=1S/C16H15NO/c1-3-11-18-15-10-6-9-14-16(15)12-7-4-5-8-13(12)17(14)2/h3-10H,1,11H2,2H3. The third kappa shape index (κ3) is 1.50. The largest absolute Gasteiger partial charge is 0.489 e. The van der Waals surface area contributed by atoms with Crippen LogP contribution in [0.15, 0.2) is 55.1 Å². The molecule has 0 N–H and O–H groups in total. The van der Waals surface area contributed by atoms with Gasteiger partial charge in [-0.2, -0.15) is 0 Å². The third-order valence-corrected chi connectivity index (χ3v) is 3.26. The lowest BCUT2D eigenvalue weighted by Gasteiger charge is -2.05. The molecule has 0 radical (unpaired) electrons. The first-order chi connectivity index (χ1) is 8.83. The van der Waals surface area contributed by atoms with Gasteiger partial charge in [-0.3, -0.25) is 0 Å². The van der Waals surface area contributed by atoms with Gasteiger partial charge in [-0.05, 0) is 18.2 Å². The van der Waals surface area contributed by atoms with E-state index in [1.165, 1.54) is 21.8 Å². The molecule has 1 aromatic heterocycles. The Morgan fingerprint density at radius 3 is 2.72 bits per heavy atom. The van der Waals surface area contributed by atoms with E-state index in [0.717, 1.165) is 5.75 Å². The molecule has 1 heterocycles. The van der Waals surface area contributed by atoms with Gasteiger partial charge < -0.3 is 9.30 Å². The lowest BCUT2D eigenvalue weighted by molar-refractivity contribution is 0.368. The minimum absolute atomic E-state index is 0.530. The lowest BCUT2D eigenvalue weighted by atomic mass is 10.1. The van der Waals surface area contributed by atoms with Gasteiger partial charge >= 0.3 is 0 Å². The minimum Gasteiger partial charge on any atom is -0.489 e. The zero-order valence-electron chi connectivity index (χ0n) is 10.4. The average Bonchev–Trinajstić information content (AvgIpc) is 2.71. The van der Waals surface area contributed by atoms with E-state index in [1.807, 2.05) is 12.1 Å². The molecule has 0 saturated carbocycles. The van der Waals surface area contributed by atoms with Crippen LogP contribution in [0.3, 0.4) is 0 Å². The Bertz CT molecular complexity index is 724. The summed E-state index contributed by atoms with van der Waals surface area (Å²) in [6.45, 7) is 4.22. The van der Waals surface area contributed by atoms with E-state index < -0.39 is 0 Å². The lowest BCUT2D eigenvalue weighted by Crippen LogP contribution is -1.93. The van der Waals surface area contributed by atoms with Crippen molar-refractivity contribution in [3.63, 3.8) is 0 Å². The molecular formula is C16H15NO. The second kappa shape index (κ2) is 4.22. The monoisotopic (exact) mass is 237 g/mol. The van der Waals surface area contributed by atoms with Crippen LogP contribution in [0.4, 0.5) is 0 Å². The fourth-order valence-electron chi connectivity index (χ4n) is 2.45. The summed E-state index contributed by atoms with van der Waals surface area (Å²) < 4.78 is 7.96. The molecule has 2 nitrogen and oxygen atoms in total. The zero-order valence-corrected chi connectivity index (χ0v) is 10.4. The Hall–Kier alpha value is -2.22. The van der Waals surface area contributed by atoms with Crippen LogP contribution in [0.1, 0.15) is 0 Å². The van der Waals surface area contributed by atoms with Crippen LogP contribution in [0.2, 0.25) is 0 Å². The van der Waals surface area contributed by atoms with Crippen LogP contribution in [0.5, 0.6) is 5.75 Å². The third-order valence-electron chi connectivity index (χ3n) is 3.26. The second-order valence-corrected chi connectivity index (χ2v) is 4.33. The number of fused-ring (bicyclic) bond motifs is 3. The zero-order chi connectivity index (χ0) is 12.5. The first-order valence-electron chi connectivity index (χ1n) is 6.03. The first kappa shape index (κ1) is 10.9. The highest BCUT2D eigenvalue weighted by Gasteiger charge is 2.11. The molecule has 0 fully saturated rings. The molecule has 90 valence electrons. The summed E-state index contributed by atoms with van der Waals surface area (Å²) in [6, 6.07) is 14.6. The Morgan fingerprint density at radius 2 is 1.89 bits per heavy atom. The normalized spacial score (nSPS) is 10.9. The van der Waals surface area contributed by atoms with E-state index in [9.17, 15) is 0 Å². The summed E-state index contributed by atoms with van der Waals surface area (Å²) in [7, 11) is 2.09. The molecule has 0 amide bonds. The van der Waals surface area contributed by atoms with E-state index in [0.29, 0.717) is 6.61 Å². The predicted octanol–water partition coefficient (Wildman–Crippen LogP) is 3.90. The Labute approximate surface area is 106 Å². The Morgan fingerprint density at radius 1 is 1.11 bits per heavy atom. The van der Waals surface area contributed by atoms with Crippen molar-refractivity contribution >= 4 is 21.8 Å². The molecule has 0 bridgehead atoms. The van der Waals surface area contributed by atoms with E-state index >= 15 is 0 Å². The number of rotatable bonds is 3. The second-order valence-electron chi connectivity index (χ2n) is 4.33. The number of aryl methyl sites for hydroxylation is 1. The molecule has 0 aliphatic carbocycles. The van der Waals surface area contributed by atoms with E-state index in [4.69, 9.17) is 4.74 Å². The minimum atomic E-state index is 0.530. The highest BCUT2D eigenvalue weighted by atomic mass is 16.5. The maximum Gasteiger partial charge on any atom is 0.129 e. The number of hydrogen-bond donors (Lipinski definition) is 0. The van der Waals surface area contributed by atoms with Crippen LogP contribution in [-0.4, -0.2) is 11.2 Å². The van der Waals surface area contributed by atoms with Crippen molar-refractivity contribution in [2.75, 3.05) is 6.61 Å². The van der Waals surface area contributed by atoms with Gasteiger partial charge in [-0.25, -0.2) is 0 Å². The molecule has 0 spiro atoms. The van der Waals surface area contributed by atoms with Gasteiger partial charge in [0.25, 0.3) is 0 Å². The number of hydrogen-bond acceptors (Lipinski definition) is 1. The van der Waals surface area contributed by atoms with Crippen molar-refractivity contribution in [1.29, 1.82) is 0 Å². The summed E-state index contributed by atoms with van der Waals surface area (Å²) in [5.74, 6) is 0.921. The topological polar surface area (TPSA) is 14.2 Å². The van der Waals surface area contributed by atoms with Crippen molar-refractivity contribution in [2.24, 2.45) is 7.05 Å². The van der Waals surface area contributed by atoms with Gasteiger partial charge in [-0.1, -0.05) is 36.9 Å². The molecule has 3 aromatic rings. The quantitative estimate of drug-likeness (QED) is 0.630. The molecule has 0 unspecified atom stereocenters. The molecule has 3 rings (SSSR count). The van der Waals surface area contributed by atoms with Crippen molar-refractivity contribution in [1.82, 2.24) is 4.57 Å². The van der Waals surface area contributed by atoms with Crippen LogP contribution in [-0.2, 0) is 7.05 Å². The fraction of sp³-hybridized carbons (Fsp3) is 0.125. The van der Waals surface area contributed by atoms with Gasteiger partial charge in [0.05, 0.1) is 5.52 Å². The first-order valence-corrected chi connectivity index (χ1v) is 6.03. The molecule has 18 heavy (non-hydrogen) atoms. The highest BCUT2D eigenvalue weighted by molar-refractivity contribution is 6.11. The molecule has 0 aliphatic rings. The van der Waals surface area contributed by atoms with Crippen molar-refractivity contribution in [3.05, 3.63) is 55.1 Å². The van der Waals surface area contributed by atoms with E-state index in [1.54, 1.807) is 6.08 Å². The molecular weight excluding hydrogens is 222 g/mol. The van der Waals surface area contributed by atoms with Crippen molar-refractivity contribution < 1.29 is 4.74 Å². The smallest absolute Gasteiger partial charge is 0.129 e. The van der Waals surface area contributed by atoms with Gasteiger partial charge in [-0.15, -0.1) is 0 Å². The molecule has 0 saturated heterocycles. The summed E-state index contributed by atoms with van der Waals surface area (Å²) in [5, 5.41) is 2.41. The highest BCUT2D eigenvalue weighted by Crippen LogP contribution is 2.34. The molecule has 2 heteroatoms. The van der Waals surface area contributed by atoms with Gasteiger partial charge in [0.1, 0.15) is 12.4 Å². The van der Waals surface area contributed by atoms with Crippen LogP contribution >= 0.6 is 0 Å². The SMILES string of the molecule is C=CCOc1cccc2c1c1ccccc1n2C. The van der Waals surface area contributed by atoms with E-state index in [-0.39, 0.29) is 0 Å². The predicted molar refractivity (Wildman–Crippen MR) is 76.1 cm³/mol. The Balaban J connectivity index is 2.38. The van der Waals surface area contributed by atoms with Crippen LogP contribution in [0.25, 0.3) is 21.8 Å². The summed E-state index contributed by atoms with van der Waals surface area (Å²) >= 11 is 0. The molecule has 0 aliphatic heterocycles. The maximum atomic E-state index is 5.76. The summed E-state index contributed by atoms with van der Waals surface area (Å²) in [6.07, 6.45) is 1.77. The maximum absolute atomic E-state index is 5.76. The number of ether oxygens (including phenoxy) is 1. The summed E-state index contributed by atoms with van der Waals surface area (Å²) in [5.41, 5.74) is 2.42. The van der Waals surface area contributed by atoms with E-state index in [2.05, 4.69) is 48.5 Å². The number of aromatic nitrogens is 1. The fourth-order valence-corrected chi connectivity index (χ4v) is 2.45. The number of benzene rings is 2. The van der Waals surface area contributed by atoms with Crippen molar-refractivity contribution in [2.45, 2.75) is 0 Å². The van der Waals surface area contributed by atoms with Gasteiger partial charge in [0.15, 0.2) is 0 Å². The van der Waals surface area contributed by atoms with Crippen LogP contribution in [0, 0.1) is 0 Å². The molecule has 0 atom stereocenters. The number of para-hydroxylation sites is 1. The van der Waals surface area contributed by atoms with Crippen LogP contribution < -0.4 is 4.74 Å². The van der Waals surface area contributed by atoms with Crippen molar-refractivity contribution in [3.8, 4) is 5.75 Å². The molecule has 2 aromatic carbocycles. The average molecular weight is 237 g/mol. The number of nitrogens with zero attached hydrogens (tertiary/aromatic N) is 1. The van der Waals surface area contributed by atoms with Gasteiger partial charge in [0, 0.05) is 23.3 Å².